The molecule has 2 aliphatic rings. The van der Waals surface area contributed by atoms with Crippen molar-refractivity contribution in [2.24, 2.45) is 0 Å². The average Bonchev–Trinajstić information content (AvgIpc) is 3.01. The number of nitrogens with zero attached hydrogens (tertiary/aromatic N) is 1. The molecule has 142 valence electrons. The molecule has 0 saturated carbocycles. The summed E-state index contributed by atoms with van der Waals surface area (Å²) in [4.78, 5) is 24.7. The zero-order chi connectivity index (χ0) is 18.7. The predicted octanol–water partition coefficient (Wildman–Crippen LogP) is 1.30. The number of alkyl carbamates (subject to hydrolysis) is 1. The highest BCUT2D eigenvalue weighted by molar-refractivity contribution is 5.73. The van der Waals surface area contributed by atoms with E-state index in [1.165, 1.54) is 13.0 Å². The molecular formula is C18H25FN4O3. The summed E-state index contributed by atoms with van der Waals surface area (Å²) >= 11 is 0. The SMILES string of the molecule is CNC1CCN(c2ccc(C3NC(=O)O[C@H]3CNC(C)=O)cc2F)CC1. The van der Waals surface area contributed by atoms with Gasteiger partial charge >= 0.3 is 6.09 Å². The number of benzene rings is 1. The molecule has 2 saturated heterocycles. The number of carbonyl (C=O) groups excluding carboxylic acids is 2. The Morgan fingerprint density at radius 1 is 1.38 bits per heavy atom. The second-order valence-electron chi connectivity index (χ2n) is 6.76. The average molecular weight is 364 g/mol. The van der Waals surface area contributed by atoms with E-state index in [4.69, 9.17) is 4.74 Å². The molecule has 3 N–H and O–H groups in total. The first-order valence-corrected chi connectivity index (χ1v) is 8.91. The summed E-state index contributed by atoms with van der Waals surface area (Å²) < 4.78 is 19.9. The van der Waals surface area contributed by atoms with Gasteiger partial charge in [-0.05, 0) is 37.6 Å². The van der Waals surface area contributed by atoms with Crippen LogP contribution >= 0.6 is 0 Å². The summed E-state index contributed by atoms with van der Waals surface area (Å²) in [5.74, 6) is -0.525. The van der Waals surface area contributed by atoms with E-state index in [1.54, 1.807) is 6.07 Å². The number of rotatable bonds is 5. The Balaban J connectivity index is 1.72. The highest BCUT2D eigenvalue weighted by Crippen LogP contribution is 2.30. The smallest absolute Gasteiger partial charge is 0.408 e. The lowest BCUT2D eigenvalue weighted by atomic mass is 10.00. The van der Waals surface area contributed by atoms with Crippen molar-refractivity contribution >= 4 is 17.7 Å². The Kier molecular flexibility index (Phi) is 5.61. The van der Waals surface area contributed by atoms with Gasteiger partial charge in [0.15, 0.2) is 0 Å². The number of halogens is 1. The molecule has 8 heteroatoms. The quantitative estimate of drug-likeness (QED) is 0.734. The number of hydrogen-bond donors (Lipinski definition) is 3. The van der Waals surface area contributed by atoms with Crippen LogP contribution in [0, 0.1) is 5.82 Å². The minimum atomic E-state index is -0.567. The normalized spacial score (nSPS) is 23.5. The first-order chi connectivity index (χ1) is 12.5. The molecule has 2 fully saturated rings. The Hall–Kier alpha value is -2.35. The maximum atomic E-state index is 14.7. The number of carbonyl (C=O) groups is 2. The lowest BCUT2D eigenvalue weighted by Crippen LogP contribution is -2.41. The van der Waals surface area contributed by atoms with Gasteiger partial charge < -0.3 is 25.6 Å². The van der Waals surface area contributed by atoms with Crippen LogP contribution < -0.4 is 20.9 Å². The van der Waals surface area contributed by atoms with E-state index in [0.29, 0.717) is 17.3 Å². The number of piperidine rings is 1. The van der Waals surface area contributed by atoms with Crippen LogP contribution in [0.1, 0.15) is 31.4 Å². The Morgan fingerprint density at radius 2 is 2.12 bits per heavy atom. The van der Waals surface area contributed by atoms with E-state index >= 15 is 0 Å². The molecule has 3 rings (SSSR count). The van der Waals surface area contributed by atoms with E-state index < -0.39 is 18.2 Å². The van der Waals surface area contributed by atoms with Crippen molar-refractivity contribution in [1.29, 1.82) is 0 Å². The lowest BCUT2D eigenvalue weighted by Gasteiger charge is -2.33. The minimum absolute atomic E-state index is 0.180. The number of hydrogen-bond acceptors (Lipinski definition) is 5. The van der Waals surface area contributed by atoms with Gasteiger partial charge in [-0.1, -0.05) is 6.07 Å². The molecule has 2 aliphatic heterocycles. The Bertz CT molecular complexity index is 676. The van der Waals surface area contributed by atoms with Crippen molar-refractivity contribution in [3.63, 3.8) is 0 Å². The predicted molar refractivity (Wildman–Crippen MR) is 95.5 cm³/mol. The molecular weight excluding hydrogens is 339 g/mol. The maximum absolute atomic E-state index is 14.7. The third-order valence-electron chi connectivity index (χ3n) is 5.03. The molecule has 2 atom stereocenters. The zero-order valence-electron chi connectivity index (χ0n) is 15.0. The molecule has 1 unspecified atom stereocenters. The summed E-state index contributed by atoms with van der Waals surface area (Å²) in [5, 5.41) is 8.57. The van der Waals surface area contributed by atoms with Crippen LogP contribution in [0.4, 0.5) is 14.9 Å². The first-order valence-electron chi connectivity index (χ1n) is 8.91. The Morgan fingerprint density at radius 3 is 2.73 bits per heavy atom. The summed E-state index contributed by atoms with van der Waals surface area (Å²) in [6.07, 6.45) is 0.818. The van der Waals surface area contributed by atoms with Crippen LogP contribution in [0.15, 0.2) is 18.2 Å². The van der Waals surface area contributed by atoms with Crippen LogP contribution in [0.25, 0.3) is 0 Å². The monoisotopic (exact) mass is 364 g/mol. The van der Waals surface area contributed by atoms with Gasteiger partial charge in [0.1, 0.15) is 11.9 Å². The second kappa shape index (κ2) is 7.90. The Labute approximate surface area is 152 Å². The molecule has 0 aliphatic carbocycles. The van der Waals surface area contributed by atoms with Gasteiger partial charge in [0, 0.05) is 26.1 Å². The van der Waals surface area contributed by atoms with E-state index in [1.807, 2.05) is 18.0 Å². The molecule has 26 heavy (non-hydrogen) atoms. The van der Waals surface area contributed by atoms with E-state index in [9.17, 15) is 14.0 Å². The maximum Gasteiger partial charge on any atom is 0.408 e. The van der Waals surface area contributed by atoms with Crippen molar-refractivity contribution in [2.45, 2.75) is 38.0 Å². The fourth-order valence-electron chi connectivity index (χ4n) is 3.54. The highest BCUT2D eigenvalue weighted by atomic mass is 19.1. The number of anilines is 1. The van der Waals surface area contributed by atoms with Crippen molar-refractivity contribution < 1.29 is 18.7 Å². The van der Waals surface area contributed by atoms with Crippen LogP contribution in [0.3, 0.4) is 0 Å². The number of cyclic esters (lactones) is 1. The van der Waals surface area contributed by atoms with Gasteiger partial charge in [0.25, 0.3) is 0 Å². The lowest BCUT2D eigenvalue weighted by molar-refractivity contribution is -0.119. The molecule has 7 nitrogen and oxygen atoms in total. The fraction of sp³-hybridized carbons (Fsp3) is 0.556. The van der Waals surface area contributed by atoms with Crippen LogP contribution in [-0.2, 0) is 9.53 Å². The van der Waals surface area contributed by atoms with Gasteiger partial charge in [-0.3, -0.25) is 4.79 Å². The topological polar surface area (TPSA) is 82.7 Å². The number of nitrogens with one attached hydrogen (secondary N) is 3. The molecule has 0 spiro atoms. The van der Waals surface area contributed by atoms with Gasteiger partial charge in [0.05, 0.1) is 18.3 Å². The van der Waals surface area contributed by atoms with Crippen LogP contribution in [0.2, 0.25) is 0 Å². The van der Waals surface area contributed by atoms with Crippen molar-refractivity contribution in [3.8, 4) is 0 Å². The summed E-state index contributed by atoms with van der Waals surface area (Å²) in [6.45, 7) is 3.18. The molecule has 0 aromatic heterocycles. The zero-order valence-corrected chi connectivity index (χ0v) is 15.0. The van der Waals surface area contributed by atoms with Crippen LogP contribution in [-0.4, -0.2) is 50.8 Å². The molecule has 2 heterocycles. The van der Waals surface area contributed by atoms with Crippen molar-refractivity contribution in [3.05, 3.63) is 29.6 Å². The third-order valence-corrected chi connectivity index (χ3v) is 5.03. The third kappa shape index (κ3) is 4.07. The fourth-order valence-corrected chi connectivity index (χ4v) is 3.54. The van der Waals surface area contributed by atoms with Crippen molar-refractivity contribution in [1.82, 2.24) is 16.0 Å². The highest BCUT2D eigenvalue weighted by Gasteiger charge is 2.35. The van der Waals surface area contributed by atoms with E-state index in [-0.39, 0.29) is 18.3 Å². The second-order valence-corrected chi connectivity index (χ2v) is 6.76. The van der Waals surface area contributed by atoms with Crippen LogP contribution in [0.5, 0.6) is 0 Å². The molecule has 2 amide bonds. The van der Waals surface area contributed by atoms with Gasteiger partial charge in [0.2, 0.25) is 5.91 Å². The number of ether oxygens (including phenoxy) is 1. The molecule has 0 radical (unpaired) electrons. The standard InChI is InChI=1S/C18H25FN4O3/c1-11(24)21-10-16-17(22-18(25)26-16)12-3-4-15(14(19)9-12)23-7-5-13(20-2)6-8-23/h3-4,9,13,16-17,20H,5-8,10H2,1-2H3,(H,21,24)(H,22,25)/t16-,17?/m0/s1. The first kappa shape index (κ1) is 18.4. The molecule has 1 aromatic rings. The largest absolute Gasteiger partial charge is 0.442 e. The summed E-state index contributed by atoms with van der Waals surface area (Å²) in [6, 6.07) is 4.99. The van der Waals surface area contributed by atoms with Gasteiger partial charge in [-0.15, -0.1) is 0 Å². The number of amides is 2. The van der Waals surface area contributed by atoms with E-state index in [2.05, 4.69) is 16.0 Å². The molecule has 0 bridgehead atoms. The summed E-state index contributed by atoms with van der Waals surface area (Å²) in [7, 11) is 1.95. The van der Waals surface area contributed by atoms with E-state index in [0.717, 1.165) is 25.9 Å². The minimum Gasteiger partial charge on any atom is -0.442 e. The van der Waals surface area contributed by atoms with Gasteiger partial charge in [-0.2, -0.15) is 0 Å². The van der Waals surface area contributed by atoms with Gasteiger partial charge in [-0.25, -0.2) is 9.18 Å². The summed E-state index contributed by atoms with van der Waals surface area (Å²) in [5.41, 5.74) is 1.20. The molecule has 1 aromatic carbocycles. The van der Waals surface area contributed by atoms with Crippen molar-refractivity contribution in [2.75, 3.05) is 31.6 Å².